The van der Waals surface area contributed by atoms with E-state index >= 15 is 0 Å². The largest absolute Gasteiger partial charge is 0.432 e. The third kappa shape index (κ3) is 4.15. The van der Waals surface area contributed by atoms with Crippen LogP contribution >= 0.6 is 23.4 Å². The highest BCUT2D eigenvalue weighted by atomic mass is 35.5. The number of guanidine groups is 1. The number of hydrogen-bond acceptors (Lipinski definition) is 7. The lowest BCUT2D eigenvalue weighted by atomic mass is 10.2. The summed E-state index contributed by atoms with van der Waals surface area (Å²) in [5.41, 5.74) is 5.20. The molecule has 1 amide bonds. The molecule has 1 aliphatic heterocycles. The van der Waals surface area contributed by atoms with Crippen molar-refractivity contribution in [2.24, 2.45) is 5.10 Å². The molecule has 1 aromatic rings. The molecule has 0 unspecified atom stereocenters. The van der Waals surface area contributed by atoms with Crippen LogP contribution in [0, 0.1) is 0 Å². The molecule has 0 atom stereocenters. The Morgan fingerprint density at radius 3 is 2.74 bits per heavy atom. The van der Waals surface area contributed by atoms with E-state index in [1.807, 2.05) is 0 Å². The normalized spacial score (nSPS) is 14.3. The Morgan fingerprint density at radius 2 is 2.22 bits per heavy atom. The molecule has 126 valence electrons. The standard InChI is InChI=1S/C12H14ClF2N5O2S/c1-12(14,15)22-7-5-4-6(8(13)9(7)23-3)10(21)16-11-17-18-19-20(11)2/h4-5,18-19H,1-3H3,(H,16,17,21). The highest BCUT2D eigenvalue weighted by molar-refractivity contribution is 7.98. The second-order valence-corrected chi connectivity index (χ2v) is 5.73. The number of halogens is 3. The van der Waals surface area contributed by atoms with Gasteiger partial charge in [0.05, 0.1) is 15.5 Å². The number of amides is 1. The summed E-state index contributed by atoms with van der Waals surface area (Å²) in [5, 5.41) is 7.80. The Morgan fingerprint density at radius 1 is 1.52 bits per heavy atom. The third-order valence-corrected chi connectivity index (χ3v) is 4.04. The van der Waals surface area contributed by atoms with Crippen molar-refractivity contribution in [2.45, 2.75) is 17.9 Å². The molecule has 0 bridgehead atoms. The van der Waals surface area contributed by atoms with Crippen molar-refractivity contribution in [3.05, 3.63) is 22.7 Å². The monoisotopic (exact) mass is 365 g/mol. The number of carbonyl (C=O) groups is 1. The fourth-order valence-corrected chi connectivity index (χ4v) is 2.81. The maximum Gasteiger partial charge on any atom is 0.394 e. The fraction of sp³-hybridized carbons (Fsp3) is 0.333. The lowest BCUT2D eigenvalue weighted by molar-refractivity contribution is -0.160. The molecule has 0 aromatic heterocycles. The third-order valence-electron chi connectivity index (χ3n) is 2.72. The summed E-state index contributed by atoms with van der Waals surface area (Å²) < 4.78 is 30.6. The molecule has 0 aliphatic carbocycles. The molecular formula is C12H14ClF2N5O2S. The van der Waals surface area contributed by atoms with Crippen molar-refractivity contribution in [1.82, 2.24) is 21.4 Å². The predicted octanol–water partition coefficient (Wildman–Crippen LogP) is 2.01. The Kier molecular flexibility index (Phi) is 5.17. The second-order valence-electron chi connectivity index (χ2n) is 4.54. The summed E-state index contributed by atoms with van der Waals surface area (Å²) in [7, 11) is 1.63. The van der Waals surface area contributed by atoms with Gasteiger partial charge < -0.3 is 4.74 Å². The summed E-state index contributed by atoms with van der Waals surface area (Å²) in [4.78, 5) is 12.5. The minimum atomic E-state index is -3.35. The summed E-state index contributed by atoms with van der Waals surface area (Å²) in [6, 6.07) is 2.59. The van der Waals surface area contributed by atoms with Crippen LogP contribution in [0.1, 0.15) is 17.3 Å². The number of ether oxygens (including phenoxy) is 1. The van der Waals surface area contributed by atoms with Crippen molar-refractivity contribution in [3.63, 3.8) is 0 Å². The van der Waals surface area contributed by atoms with E-state index in [0.29, 0.717) is 6.92 Å². The first-order valence-electron chi connectivity index (χ1n) is 6.29. The van der Waals surface area contributed by atoms with Crippen LogP contribution < -0.4 is 21.1 Å². The zero-order valence-corrected chi connectivity index (χ0v) is 14.0. The first-order valence-corrected chi connectivity index (χ1v) is 7.90. The maximum absolute atomic E-state index is 13.0. The Balaban J connectivity index is 2.28. The van der Waals surface area contributed by atoms with Crippen molar-refractivity contribution in [2.75, 3.05) is 13.3 Å². The number of hydrazine groups is 2. The molecule has 0 fully saturated rings. The number of thioether (sulfide) groups is 1. The highest BCUT2D eigenvalue weighted by Gasteiger charge is 2.27. The van der Waals surface area contributed by atoms with Gasteiger partial charge in [-0.3, -0.25) is 15.1 Å². The average Bonchev–Trinajstić information content (AvgIpc) is 2.83. The number of alkyl halides is 2. The summed E-state index contributed by atoms with van der Waals surface area (Å²) in [6.45, 7) is 0.625. The van der Waals surface area contributed by atoms with Gasteiger partial charge in [0, 0.05) is 14.0 Å². The fourth-order valence-electron chi connectivity index (χ4n) is 1.74. The zero-order valence-electron chi connectivity index (χ0n) is 12.4. The van der Waals surface area contributed by atoms with E-state index in [9.17, 15) is 13.6 Å². The Bertz CT molecular complexity index is 653. The molecule has 0 spiro atoms. The molecule has 1 heterocycles. The number of hydrogen-bond donors (Lipinski definition) is 3. The van der Waals surface area contributed by atoms with Gasteiger partial charge in [-0.05, 0) is 18.4 Å². The zero-order chi connectivity index (χ0) is 17.2. The molecule has 0 saturated carbocycles. The van der Waals surface area contributed by atoms with Gasteiger partial charge in [0.1, 0.15) is 5.75 Å². The van der Waals surface area contributed by atoms with Crippen LogP contribution in [-0.2, 0) is 0 Å². The van der Waals surface area contributed by atoms with Crippen LogP contribution in [0.5, 0.6) is 5.75 Å². The van der Waals surface area contributed by atoms with E-state index in [2.05, 4.69) is 26.2 Å². The molecule has 0 radical (unpaired) electrons. The lowest BCUT2D eigenvalue weighted by Gasteiger charge is -2.18. The van der Waals surface area contributed by atoms with Gasteiger partial charge in [-0.2, -0.15) is 8.78 Å². The molecule has 3 N–H and O–H groups in total. The minimum absolute atomic E-state index is 0.0268. The first kappa shape index (κ1) is 17.6. The summed E-state index contributed by atoms with van der Waals surface area (Å²) in [6.07, 6.45) is -1.71. The molecule has 11 heteroatoms. The SMILES string of the molecule is CSc1c(OC(C)(F)F)ccc(C(=O)NC2=NNNN2C)c1Cl. The van der Waals surface area contributed by atoms with Crippen LogP contribution in [0.15, 0.2) is 22.1 Å². The van der Waals surface area contributed by atoms with Crippen LogP contribution in [0.25, 0.3) is 0 Å². The molecule has 1 aliphatic rings. The van der Waals surface area contributed by atoms with Crippen LogP contribution in [0.2, 0.25) is 5.02 Å². The van der Waals surface area contributed by atoms with E-state index < -0.39 is 12.0 Å². The highest BCUT2D eigenvalue weighted by Crippen LogP contribution is 2.39. The van der Waals surface area contributed by atoms with Gasteiger partial charge in [0.2, 0.25) is 5.96 Å². The van der Waals surface area contributed by atoms with Crippen LogP contribution in [0.3, 0.4) is 0 Å². The summed E-state index contributed by atoms with van der Waals surface area (Å²) >= 11 is 7.27. The number of benzene rings is 1. The molecule has 0 saturated heterocycles. The van der Waals surface area contributed by atoms with Gasteiger partial charge in [-0.1, -0.05) is 11.6 Å². The Hall–Kier alpha value is -1.78. The van der Waals surface area contributed by atoms with E-state index in [1.165, 1.54) is 17.1 Å². The minimum Gasteiger partial charge on any atom is -0.432 e. The van der Waals surface area contributed by atoms with Crippen molar-refractivity contribution in [1.29, 1.82) is 0 Å². The smallest absolute Gasteiger partial charge is 0.394 e. The van der Waals surface area contributed by atoms with Crippen molar-refractivity contribution >= 4 is 35.2 Å². The number of rotatable bonds is 4. The quantitative estimate of drug-likeness (QED) is 0.708. The predicted molar refractivity (Wildman–Crippen MR) is 83.4 cm³/mol. The van der Waals surface area contributed by atoms with Gasteiger partial charge in [-0.25, -0.2) is 5.53 Å². The van der Waals surface area contributed by atoms with E-state index in [4.69, 9.17) is 11.6 Å². The van der Waals surface area contributed by atoms with Gasteiger partial charge >= 0.3 is 6.11 Å². The Labute approximate surface area is 140 Å². The van der Waals surface area contributed by atoms with Crippen LogP contribution in [-0.4, -0.2) is 36.3 Å². The number of nitrogens with one attached hydrogen (secondary N) is 3. The molecular weight excluding hydrogens is 352 g/mol. The van der Waals surface area contributed by atoms with E-state index in [0.717, 1.165) is 11.8 Å². The van der Waals surface area contributed by atoms with E-state index in [-0.39, 0.29) is 27.2 Å². The molecule has 1 aromatic carbocycles. The average molecular weight is 366 g/mol. The summed E-state index contributed by atoms with van der Waals surface area (Å²) in [5.74, 6) is -0.390. The number of carbonyl (C=O) groups excluding carboxylic acids is 1. The van der Waals surface area contributed by atoms with Crippen molar-refractivity contribution < 1.29 is 18.3 Å². The molecule has 7 nitrogen and oxygen atoms in total. The van der Waals surface area contributed by atoms with Crippen LogP contribution in [0.4, 0.5) is 8.78 Å². The van der Waals surface area contributed by atoms with Gasteiger partial charge in [0.25, 0.3) is 5.91 Å². The number of nitrogens with zero attached hydrogens (tertiary/aromatic N) is 2. The molecule has 23 heavy (non-hydrogen) atoms. The van der Waals surface area contributed by atoms with Gasteiger partial charge in [0.15, 0.2) is 0 Å². The number of hydrazone groups is 1. The van der Waals surface area contributed by atoms with Crippen molar-refractivity contribution in [3.8, 4) is 5.75 Å². The second kappa shape index (κ2) is 6.77. The first-order chi connectivity index (χ1) is 10.7. The molecule has 2 rings (SSSR count). The van der Waals surface area contributed by atoms with E-state index in [1.54, 1.807) is 13.3 Å². The van der Waals surface area contributed by atoms with Gasteiger partial charge in [-0.15, -0.1) is 22.4 Å². The maximum atomic E-state index is 13.0. The lowest BCUT2D eigenvalue weighted by Crippen LogP contribution is -2.45. The topological polar surface area (TPSA) is 78.0 Å².